The Morgan fingerprint density at radius 3 is 2.52 bits per heavy atom. The number of amides is 2. The van der Waals surface area contributed by atoms with Gasteiger partial charge in [-0.15, -0.1) is 0 Å². The average molecular weight is 594 g/mol. The highest BCUT2D eigenvalue weighted by Gasteiger charge is 2.48. The van der Waals surface area contributed by atoms with Gasteiger partial charge in [0.05, 0.1) is 28.3 Å². The Labute approximate surface area is 239 Å². The van der Waals surface area contributed by atoms with Crippen LogP contribution in [0.3, 0.4) is 0 Å². The van der Waals surface area contributed by atoms with Crippen molar-refractivity contribution >= 4 is 34.9 Å². The standard InChI is InChI=1S/C29H28Cl2F3N3O3/c1-15-10-19-12-20(13-24(15)37(19)28(38)35-18-5-2-4-17(11-18)29(32,33)34)39-14-21-26(36-40-27(21)16-8-9-16)25-22(30)6-3-7-23(25)31/h2-7,11,15-16,19-20,24H,8-10,12-14H2,1H3,(H,35,38)/t15-,19?,20+,24?/m1/s1. The summed E-state index contributed by atoms with van der Waals surface area (Å²) in [5.74, 6) is 1.35. The van der Waals surface area contributed by atoms with Crippen LogP contribution in [-0.2, 0) is 17.5 Å². The average Bonchev–Trinajstić information content (AvgIpc) is 3.62. The Kier molecular flexibility index (Phi) is 7.25. The number of halogens is 5. The number of anilines is 1. The molecule has 2 aromatic carbocycles. The van der Waals surface area contributed by atoms with E-state index in [0.29, 0.717) is 40.1 Å². The predicted molar refractivity (Wildman–Crippen MR) is 145 cm³/mol. The summed E-state index contributed by atoms with van der Waals surface area (Å²) in [4.78, 5) is 15.0. The number of carbonyl (C=O) groups is 1. The number of rotatable bonds is 6. The zero-order chi connectivity index (χ0) is 28.2. The van der Waals surface area contributed by atoms with Crippen LogP contribution in [0, 0.1) is 5.92 Å². The number of nitrogens with zero attached hydrogens (tertiary/aromatic N) is 2. The molecular formula is C29H28Cl2F3N3O3. The van der Waals surface area contributed by atoms with Crippen LogP contribution in [0.2, 0.25) is 10.0 Å². The Hall–Kier alpha value is -2.75. The molecule has 11 heteroatoms. The van der Waals surface area contributed by atoms with E-state index in [4.69, 9.17) is 32.5 Å². The molecule has 6 rings (SSSR count). The van der Waals surface area contributed by atoms with Crippen molar-refractivity contribution in [1.29, 1.82) is 0 Å². The number of alkyl halides is 3. The zero-order valence-electron chi connectivity index (χ0n) is 21.7. The number of hydrogen-bond acceptors (Lipinski definition) is 4. The molecular weight excluding hydrogens is 566 g/mol. The summed E-state index contributed by atoms with van der Waals surface area (Å²) in [5.41, 5.74) is 1.38. The minimum Gasteiger partial charge on any atom is -0.373 e. The summed E-state index contributed by atoms with van der Waals surface area (Å²) in [6.45, 7) is 2.38. The van der Waals surface area contributed by atoms with Crippen LogP contribution in [0.5, 0.6) is 0 Å². The van der Waals surface area contributed by atoms with Crippen molar-refractivity contribution in [1.82, 2.24) is 10.1 Å². The summed E-state index contributed by atoms with van der Waals surface area (Å²) in [5, 5.41) is 7.97. The molecule has 3 fully saturated rings. The van der Waals surface area contributed by atoms with E-state index < -0.39 is 11.7 Å². The van der Waals surface area contributed by atoms with Crippen molar-refractivity contribution in [3.63, 3.8) is 0 Å². The zero-order valence-corrected chi connectivity index (χ0v) is 23.2. The normalized spacial score (nSPS) is 24.4. The molecule has 2 aliphatic heterocycles. The number of aromatic nitrogens is 1. The maximum atomic E-state index is 13.2. The van der Waals surface area contributed by atoms with Crippen molar-refractivity contribution < 1.29 is 27.2 Å². The summed E-state index contributed by atoms with van der Waals surface area (Å²) < 4.78 is 51.6. The van der Waals surface area contributed by atoms with Crippen molar-refractivity contribution in [2.75, 3.05) is 5.32 Å². The van der Waals surface area contributed by atoms with Crippen LogP contribution in [0.4, 0.5) is 23.7 Å². The highest BCUT2D eigenvalue weighted by Crippen LogP contribution is 2.47. The fourth-order valence-corrected chi connectivity index (χ4v) is 6.71. The Balaban J connectivity index is 1.16. The van der Waals surface area contributed by atoms with Crippen molar-refractivity contribution in [2.24, 2.45) is 5.92 Å². The number of ether oxygens (including phenoxy) is 1. The Morgan fingerprint density at radius 1 is 1.12 bits per heavy atom. The lowest BCUT2D eigenvalue weighted by atomic mass is 9.97. The molecule has 1 aromatic heterocycles. The van der Waals surface area contributed by atoms with Gasteiger partial charge in [-0.3, -0.25) is 0 Å². The maximum Gasteiger partial charge on any atom is 0.416 e. The second-order valence-electron chi connectivity index (χ2n) is 11.0. The van der Waals surface area contributed by atoms with Crippen LogP contribution in [-0.4, -0.2) is 34.3 Å². The van der Waals surface area contributed by atoms with E-state index in [1.165, 1.54) is 12.1 Å². The lowest BCUT2D eigenvalue weighted by Gasteiger charge is -2.39. The van der Waals surface area contributed by atoms with E-state index in [2.05, 4.69) is 17.4 Å². The largest absolute Gasteiger partial charge is 0.416 e. The van der Waals surface area contributed by atoms with Crippen LogP contribution in [0.15, 0.2) is 47.0 Å². The fraction of sp³-hybridized carbons (Fsp3) is 0.448. The van der Waals surface area contributed by atoms with Gasteiger partial charge < -0.3 is 19.5 Å². The molecule has 6 nitrogen and oxygen atoms in total. The van der Waals surface area contributed by atoms with Crippen molar-refractivity contribution in [3.8, 4) is 11.3 Å². The van der Waals surface area contributed by atoms with Gasteiger partial charge in [-0.25, -0.2) is 4.79 Å². The van der Waals surface area contributed by atoms with Gasteiger partial charge in [-0.1, -0.05) is 47.4 Å². The van der Waals surface area contributed by atoms with E-state index in [1.54, 1.807) is 23.1 Å². The monoisotopic (exact) mass is 593 g/mol. The molecule has 212 valence electrons. The SMILES string of the molecule is C[C@@H]1CC2C[C@H](OCc3c(-c4c(Cl)cccc4Cl)noc3C3CC3)CC1N2C(=O)Nc1cccc(C(F)(F)F)c1. The van der Waals surface area contributed by atoms with Gasteiger partial charge in [0.2, 0.25) is 0 Å². The quantitative estimate of drug-likeness (QED) is 0.311. The number of piperidine rings is 1. The van der Waals surface area contributed by atoms with Crippen LogP contribution >= 0.6 is 23.2 Å². The summed E-state index contributed by atoms with van der Waals surface area (Å²) in [7, 11) is 0. The van der Waals surface area contributed by atoms with Gasteiger partial charge in [-0.2, -0.15) is 13.2 Å². The molecule has 2 amide bonds. The van der Waals surface area contributed by atoms with E-state index in [1.807, 2.05) is 0 Å². The minimum atomic E-state index is -4.48. The Morgan fingerprint density at radius 2 is 1.85 bits per heavy atom. The first-order chi connectivity index (χ1) is 19.1. The van der Waals surface area contributed by atoms with Gasteiger partial charge >= 0.3 is 12.2 Å². The second-order valence-corrected chi connectivity index (χ2v) is 11.8. The molecule has 1 N–H and O–H groups in total. The number of hydrogen-bond donors (Lipinski definition) is 1. The van der Waals surface area contributed by atoms with Crippen molar-refractivity contribution in [2.45, 2.75) is 75.9 Å². The third-order valence-electron chi connectivity index (χ3n) is 8.20. The van der Waals surface area contributed by atoms with E-state index in [-0.39, 0.29) is 42.4 Å². The molecule has 2 bridgehead atoms. The Bertz CT molecular complexity index is 1400. The van der Waals surface area contributed by atoms with E-state index in [0.717, 1.165) is 42.7 Å². The molecule has 2 saturated heterocycles. The highest BCUT2D eigenvalue weighted by molar-refractivity contribution is 6.39. The van der Waals surface area contributed by atoms with Crippen molar-refractivity contribution in [3.05, 3.63) is 69.4 Å². The molecule has 2 unspecified atom stereocenters. The summed E-state index contributed by atoms with van der Waals surface area (Å²) in [6, 6.07) is 9.45. The molecule has 40 heavy (non-hydrogen) atoms. The lowest BCUT2D eigenvalue weighted by molar-refractivity contribution is -0.137. The third-order valence-corrected chi connectivity index (χ3v) is 8.83. The van der Waals surface area contributed by atoms with Gasteiger partial charge in [0.1, 0.15) is 11.5 Å². The summed E-state index contributed by atoms with van der Waals surface area (Å²) in [6.07, 6.45) is -0.470. The molecule has 1 aliphatic carbocycles. The molecule has 4 atom stereocenters. The number of fused-ring (bicyclic) bond motifs is 2. The first kappa shape index (κ1) is 27.4. The third kappa shape index (κ3) is 5.31. The van der Waals surface area contributed by atoms with Crippen LogP contribution in [0.25, 0.3) is 11.3 Å². The second kappa shape index (κ2) is 10.6. The van der Waals surface area contributed by atoms with Crippen LogP contribution in [0.1, 0.15) is 61.8 Å². The molecule has 0 spiro atoms. The van der Waals surface area contributed by atoms with Gasteiger partial charge in [0.25, 0.3) is 0 Å². The first-order valence-electron chi connectivity index (χ1n) is 13.4. The van der Waals surface area contributed by atoms with Gasteiger partial charge in [0.15, 0.2) is 0 Å². The minimum absolute atomic E-state index is 0.0765. The smallest absolute Gasteiger partial charge is 0.373 e. The molecule has 3 aromatic rings. The predicted octanol–water partition coefficient (Wildman–Crippen LogP) is 8.53. The van der Waals surface area contributed by atoms with Gasteiger partial charge in [0, 0.05) is 34.8 Å². The van der Waals surface area contributed by atoms with Crippen LogP contribution < -0.4 is 5.32 Å². The molecule has 1 saturated carbocycles. The van der Waals surface area contributed by atoms with E-state index >= 15 is 0 Å². The topological polar surface area (TPSA) is 67.6 Å². The highest BCUT2D eigenvalue weighted by atomic mass is 35.5. The number of nitrogens with one attached hydrogen (secondary N) is 1. The number of urea groups is 1. The molecule has 3 heterocycles. The van der Waals surface area contributed by atoms with Gasteiger partial charge in [-0.05, 0) is 68.4 Å². The summed E-state index contributed by atoms with van der Waals surface area (Å²) >= 11 is 13.0. The number of carbonyl (C=O) groups excluding carboxylic acids is 1. The fourth-order valence-electron chi connectivity index (χ4n) is 6.13. The molecule has 0 radical (unpaired) electrons. The number of benzene rings is 2. The maximum absolute atomic E-state index is 13.2. The lowest BCUT2D eigenvalue weighted by Crippen LogP contribution is -2.51. The molecule has 3 aliphatic rings. The van der Waals surface area contributed by atoms with E-state index in [9.17, 15) is 18.0 Å². The first-order valence-corrected chi connectivity index (χ1v) is 14.2.